The molecular weight excluding hydrogens is 733 g/mol. The Bertz CT molecular complexity index is 2370. The number of halogens is 1. The van der Waals surface area contributed by atoms with E-state index in [0.29, 0.717) is 22.3 Å². The van der Waals surface area contributed by atoms with Crippen LogP contribution in [0.1, 0.15) is 66.5 Å². The van der Waals surface area contributed by atoms with Crippen molar-refractivity contribution >= 4 is 75.6 Å². The fourth-order valence-corrected chi connectivity index (χ4v) is 6.42. The topological polar surface area (TPSA) is 178 Å². The van der Waals surface area contributed by atoms with Crippen LogP contribution in [0.3, 0.4) is 0 Å². The summed E-state index contributed by atoms with van der Waals surface area (Å²) in [4.78, 5) is 23.3. The number of H-pyrrole nitrogens is 2. The van der Waals surface area contributed by atoms with Crippen molar-refractivity contribution in [2.24, 2.45) is 0 Å². The first-order valence-electron chi connectivity index (χ1n) is 16.9. The molecule has 0 aliphatic carbocycles. The Labute approximate surface area is 309 Å². The molecule has 6 aromatic rings. The summed E-state index contributed by atoms with van der Waals surface area (Å²) in [5.41, 5.74) is 3.04. The standard InChI is InChI=1S/C12H24B2O4.C11H10BN3O3.C11H8BrN3O/c1-9(2)10(3,4)16-13(15-9)14-17-11(5,6)12(7,8)18-14;1-6-4-10-13-14-11(16)15(10)9-5-7(12(17)18)2-3-8(6)9;1-6-4-10-13-14-11(16)15(10)9-5-7(12)2-3-8(6)9/h1-8H3;2-5,17-18H,1H3,(H,14,16);2-5H,1H3,(H,14,16). The molecule has 14 nitrogen and oxygen atoms in total. The van der Waals surface area contributed by atoms with Gasteiger partial charge in [-0.15, -0.1) is 0 Å². The van der Waals surface area contributed by atoms with Crippen molar-refractivity contribution in [3.05, 3.63) is 85.1 Å². The summed E-state index contributed by atoms with van der Waals surface area (Å²) in [5.74, 6) is 0. The van der Waals surface area contributed by atoms with E-state index in [-0.39, 0.29) is 33.8 Å². The monoisotopic (exact) mass is 774 g/mol. The van der Waals surface area contributed by atoms with E-state index >= 15 is 0 Å². The molecule has 4 aromatic heterocycles. The molecule has 0 unspecified atom stereocenters. The van der Waals surface area contributed by atoms with Gasteiger partial charge in [-0.3, -0.25) is 0 Å². The maximum Gasteiger partial charge on any atom is 0.488 e. The molecule has 2 fully saturated rings. The third-order valence-electron chi connectivity index (χ3n) is 10.5. The minimum absolute atomic E-state index is 0.210. The smallest absolute Gasteiger partial charge is 0.423 e. The zero-order valence-electron chi connectivity index (χ0n) is 30.9. The molecule has 2 aliphatic heterocycles. The minimum Gasteiger partial charge on any atom is -0.423 e. The van der Waals surface area contributed by atoms with Crippen LogP contribution < -0.4 is 16.8 Å². The molecule has 8 rings (SSSR count). The van der Waals surface area contributed by atoms with Crippen molar-refractivity contribution in [1.82, 2.24) is 29.2 Å². The number of hydrogen-bond donors (Lipinski definition) is 4. The van der Waals surface area contributed by atoms with Gasteiger partial charge in [-0.2, -0.15) is 10.2 Å². The first-order valence-corrected chi connectivity index (χ1v) is 17.7. The molecule has 2 aliphatic rings. The second-order valence-corrected chi connectivity index (χ2v) is 16.1. The van der Waals surface area contributed by atoms with Crippen LogP contribution in [-0.2, 0) is 18.6 Å². The Morgan fingerprint density at radius 3 is 1.44 bits per heavy atom. The van der Waals surface area contributed by atoms with Crippen LogP contribution >= 0.6 is 15.9 Å². The quantitative estimate of drug-likeness (QED) is 0.190. The maximum atomic E-state index is 11.7. The van der Waals surface area contributed by atoms with Crippen molar-refractivity contribution in [3.8, 4) is 0 Å². The molecule has 4 N–H and O–H groups in total. The second-order valence-electron chi connectivity index (χ2n) is 15.2. The van der Waals surface area contributed by atoms with Crippen LogP contribution in [0.2, 0.25) is 0 Å². The highest BCUT2D eigenvalue weighted by molar-refractivity contribution is 9.10. The van der Waals surface area contributed by atoms with Crippen LogP contribution in [-0.4, -0.2) is 82.8 Å². The number of aryl methyl sites for hydroxylation is 2. The van der Waals surface area contributed by atoms with Crippen molar-refractivity contribution < 1.29 is 28.7 Å². The summed E-state index contributed by atoms with van der Waals surface area (Å²) < 4.78 is 27.8. The lowest BCUT2D eigenvalue weighted by Gasteiger charge is -2.32. The normalized spacial score (nSPS) is 18.5. The van der Waals surface area contributed by atoms with Crippen LogP contribution in [0.5, 0.6) is 0 Å². The highest BCUT2D eigenvalue weighted by Crippen LogP contribution is 2.43. The Hall–Kier alpha value is -3.77. The first-order chi connectivity index (χ1) is 24.1. The molecule has 2 aromatic carbocycles. The fraction of sp³-hybridized carbons (Fsp3) is 0.412. The first kappa shape index (κ1) is 38.0. The molecule has 0 atom stereocenters. The van der Waals surface area contributed by atoms with Gasteiger partial charge in [-0.1, -0.05) is 34.1 Å². The third kappa shape index (κ3) is 6.77. The van der Waals surface area contributed by atoms with E-state index < -0.39 is 21.1 Å². The van der Waals surface area contributed by atoms with Crippen molar-refractivity contribution in [2.45, 2.75) is 91.6 Å². The maximum absolute atomic E-state index is 11.7. The summed E-state index contributed by atoms with van der Waals surface area (Å²) in [5, 5.41) is 33.0. The molecule has 272 valence electrons. The summed E-state index contributed by atoms with van der Waals surface area (Å²) >= 11 is 3.41. The van der Waals surface area contributed by atoms with Crippen molar-refractivity contribution in [1.29, 1.82) is 0 Å². The van der Waals surface area contributed by atoms with Crippen LogP contribution in [0.4, 0.5) is 0 Å². The van der Waals surface area contributed by atoms with E-state index in [1.807, 2.05) is 93.5 Å². The predicted molar refractivity (Wildman–Crippen MR) is 206 cm³/mol. The van der Waals surface area contributed by atoms with E-state index in [2.05, 4.69) is 36.3 Å². The number of benzene rings is 2. The molecule has 0 bridgehead atoms. The van der Waals surface area contributed by atoms with Gasteiger partial charge in [0.15, 0.2) is 11.3 Å². The van der Waals surface area contributed by atoms with Gasteiger partial charge < -0.3 is 28.7 Å². The lowest BCUT2D eigenvalue weighted by Crippen LogP contribution is -2.41. The number of nitrogens with one attached hydrogen (secondary N) is 2. The minimum atomic E-state index is -1.56. The summed E-state index contributed by atoms with van der Waals surface area (Å²) in [6.07, 6.45) is 0. The SMILES string of the molecule is CC1(C)OB(B2OC(C)(C)C(C)(C)O2)OC1(C)C.Cc1cc2n[nH]c(=O)n2c2cc(B(O)O)ccc12.Cc1cc2n[nH]c(=O)n2c2cc(Br)ccc12. The summed E-state index contributed by atoms with van der Waals surface area (Å²) in [6, 6.07) is 14.5. The van der Waals surface area contributed by atoms with Gasteiger partial charge in [-0.25, -0.2) is 28.6 Å². The lowest BCUT2D eigenvalue weighted by molar-refractivity contribution is 0.00578. The molecule has 0 radical (unpaired) electrons. The van der Waals surface area contributed by atoms with Gasteiger partial charge >= 0.3 is 32.5 Å². The molecule has 52 heavy (non-hydrogen) atoms. The van der Waals surface area contributed by atoms with E-state index in [1.54, 1.807) is 28.7 Å². The lowest BCUT2D eigenvalue weighted by atomic mass is 9.49. The van der Waals surface area contributed by atoms with E-state index in [0.717, 1.165) is 31.9 Å². The summed E-state index contributed by atoms with van der Waals surface area (Å²) in [7, 11) is -2.51. The van der Waals surface area contributed by atoms with Gasteiger partial charge in [0.2, 0.25) is 0 Å². The molecule has 2 saturated heterocycles. The predicted octanol–water partition coefficient (Wildman–Crippen LogP) is 3.66. The number of nitrogens with zero attached hydrogens (tertiary/aromatic N) is 4. The van der Waals surface area contributed by atoms with E-state index in [9.17, 15) is 19.6 Å². The number of hydrogen-bond acceptors (Lipinski definition) is 10. The number of aromatic nitrogens is 6. The van der Waals surface area contributed by atoms with Crippen LogP contribution in [0, 0.1) is 13.8 Å². The molecular formula is C34H42B3BrN6O8. The van der Waals surface area contributed by atoms with Crippen LogP contribution in [0.25, 0.3) is 33.1 Å². The highest BCUT2D eigenvalue weighted by Gasteiger charge is 2.63. The van der Waals surface area contributed by atoms with Crippen molar-refractivity contribution in [3.63, 3.8) is 0 Å². The van der Waals surface area contributed by atoms with Gasteiger partial charge in [0.1, 0.15) is 0 Å². The summed E-state index contributed by atoms with van der Waals surface area (Å²) in [6.45, 7) is 20.1. The van der Waals surface area contributed by atoms with E-state index in [4.69, 9.17) is 18.6 Å². The van der Waals surface area contributed by atoms with E-state index in [1.165, 1.54) is 4.40 Å². The Kier molecular flexibility index (Phi) is 9.69. The average Bonchev–Trinajstić information content (AvgIpc) is 3.73. The third-order valence-corrected chi connectivity index (χ3v) is 11.0. The largest absolute Gasteiger partial charge is 0.488 e. The van der Waals surface area contributed by atoms with Gasteiger partial charge in [0.25, 0.3) is 0 Å². The second kappa shape index (κ2) is 13.3. The number of fused-ring (bicyclic) bond motifs is 6. The number of aromatic amines is 2. The zero-order chi connectivity index (χ0) is 38.1. The highest BCUT2D eigenvalue weighted by atomic mass is 79.9. The Balaban J connectivity index is 0.000000134. The number of pyridine rings is 2. The van der Waals surface area contributed by atoms with Gasteiger partial charge in [0, 0.05) is 15.2 Å². The molecule has 0 amide bonds. The Morgan fingerprint density at radius 1 is 0.654 bits per heavy atom. The molecule has 0 spiro atoms. The molecule has 18 heteroatoms. The van der Waals surface area contributed by atoms with Gasteiger partial charge in [0.05, 0.1) is 33.4 Å². The molecule has 0 saturated carbocycles. The Morgan fingerprint density at radius 2 is 1.04 bits per heavy atom. The zero-order valence-corrected chi connectivity index (χ0v) is 32.4. The average molecular weight is 775 g/mol. The molecule has 6 heterocycles. The van der Waals surface area contributed by atoms with Crippen molar-refractivity contribution in [2.75, 3.05) is 0 Å². The number of rotatable bonds is 2. The fourth-order valence-electron chi connectivity index (χ4n) is 6.07. The van der Waals surface area contributed by atoms with Gasteiger partial charge in [-0.05, 0) is 116 Å². The van der Waals surface area contributed by atoms with Crippen LogP contribution in [0.15, 0.2) is 62.6 Å².